The summed E-state index contributed by atoms with van der Waals surface area (Å²) in [6, 6.07) is 1.67. The minimum Gasteiger partial charge on any atom is -0.496 e. The van der Waals surface area contributed by atoms with E-state index in [4.69, 9.17) is 20.3 Å². The number of methoxy groups -OCH3 is 2. The van der Waals surface area contributed by atoms with Gasteiger partial charge in [-0.25, -0.2) is 4.39 Å². The largest absolute Gasteiger partial charge is 0.496 e. The van der Waals surface area contributed by atoms with Crippen molar-refractivity contribution in [3.05, 3.63) is 29.1 Å². The third-order valence-electron chi connectivity index (χ3n) is 2.48. The summed E-state index contributed by atoms with van der Waals surface area (Å²) in [7, 11) is 2.84. The molecule has 0 aliphatic carbocycles. The van der Waals surface area contributed by atoms with Gasteiger partial charge in [0, 0.05) is 24.8 Å². The molecule has 0 aliphatic heterocycles. The first-order chi connectivity index (χ1) is 8.49. The summed E-state index contributed by atoms with van der Waals surface area (Å²) >= 11 is 0. The molecule has 6 heteroatoms. The van der Waals surface area contributed by atoms with E-state index in [2.05, 4.69) is 0 Å². The Morgan fingerprint density at radius 1 is 1.50 bits per heavy atom. The Labute approximate surface area is 104 Å². The quantitative estimate of drug-likeness (QED) is 0.806. The van der Waals surface area contributed by atoms with Gasteiger partial charge in [0.15, 0.2) is 0 Å². The molecule has 5 nitrogen and oxygen atoms in total. The zero-order chi connectivity index (χ0) is 13.7. The maximum Gasteiger partial charge on any atom is 0.305 e. The minimum absolute atomic E-state index is 0.136. The van der Waals surface area contributed by atoms with E-state index >= 15 is 0 Å². The van der Waals surface area contributed by atoms with E-state index in [0.29, 0.717) is 11.1 Å². The van der Waals surface area contributed by atoms with Crippen molar-refractivity contribution in [3.8, 4) is 5.75 Å². The van der Waals surface area contributed by atoms with Gasteiger partial charge in [0.05, 0.1) is 20.1 Å². The Morgan fingerprint density at radius 3 is 2.67 bits per heavy atom. The molecular formula is C12H16FNO4. The summed E-state index contributed by atoms with van der Waals surface area (Å²) in [6.07, 6.45) is -0.265. The Morgan fingerprint density at radius 2 is 2.17 bits per heavy atom. The summed E-state index contributed by atoms with van der Waals surface area (Å²) < 4.78 is 23.4. The van der Waals surface area contributed by atoms with Crippen LogP contribution in [0.3, 0.4) is 0 Å². The second-order valence-electron chi connectivity index (χ2n) is 3.82. The van der Waals surface area contributed by atoms with Crippen LogP contribution in [0.1, 0.15) is 23.6 Å². The number of rotatable bonds is 6. The van der Waals surface area contributed by atoms with Crippen molar-refractivity contribution in [1.82, 2.24) is 0 Å². The van der Waals surface area contributed by atoms with Crippen LogP contribution < -0.4 is 10.5 Å². The fraction of sp³-hybridized carbons (Fsp3) is 0.417. The number of hydrogen-bond donors (Lipinski definition) is 2. The summed E-state index contributed by atoms with van der Waals surface area (Å²) in [5, 5.41) is 8.76. The van der Waals surface area contributed by atoms with Crippen LogP contribution >= 0.6 is 0 Å². The highest BCUT2D eigenvalue weighted by atomic mass is 19.1. The van der Waals surface area contributed by atoms with Crippen molar-refractivity contribution in [2.45, 2.75) is 19.1 Å². The van der Waals surface area contributed by atoms with Crippen molar-refractivity contribution >= 4 is 5.97 Å². The molecule has 0 aliphatic rings. The third-order valence-corrected chi connectivity index (χ3v) is 2.48. The lowest BCUT2D eigenvalue weighted by molar-refractivity contribution is -0.137. The highest BCUT2D eigenvalue weighted by Crippen LogP contribution is 2.31. The van der Waals surface area contributed by atoms with Crippen molar-refractivity contribution in [1.29, 1.82) is 0 Å². The topological polar surface area (TPSA) is 81.8 Å². The minimum atomic E-state index is -1.03. The van der Waals surface area contributed by atoms with E-state index in [0.717, 1.165) is 0 Å². The van der Waals surface area contributed by atoms with Crippen LogP contribution in [0, 0.1) is 5.82 Å². The fourth-order valence-corrected chi connectivity index (χ4v) is 1.80. The zero-order valence-corrected chi connectivity index (χ0v) is 10.3. The van der Waals surface area contributed by atoms with Crippen LogP contribution in [0.5, 0.6) is 5.75 Å². The molecule has 18 heavy (non-hydrogen) atoms. The van der Waals surface area contributed by atoms with Crippen LogP contribution in [0.25, 0.3) is 0 Å². The Hall–Kier alpha value is -1.66. The van der Waals surface area contributed by atoms with E-state index in [1.165, 1.54) is 26.4 Å². The molecule has 0 heterocycles. The fourth-order valence-electron chi connectivity index (χ4n) is 1.80. The summed E-state index contributed by atoms with van der Waals surface area (Å²) in [4.78, 5) is 10.7. The van der Waals surface area contributed by atoms with Gasteiger partial charge in [0.25, 0.3) is 0 Å². The Bertz CT molecular complexity index is 436. The van der Waals surface area contributed by atoms with Gasteiger partial charge in [-0.3, -0.25) is 4.79 Å². The van der Waals surface area contributed by atoms with Gasteiger partial charge < -0.3 is 20.3 Å². The number of halogens is 1. The van der Waals surface area contributed by atoms with Gasteiger partial charge >= 0.3 is 5.97 Å². The van der Waals surface area contributed by atoms with Crippen molar-refractivity contribution in [2.24, 2.45) is 5.73 Å². The smallest absolute Gasteiger partial charge is 0.305 e. The lowest BCUT2D eigenvalue weighted by Gasteiger charge is -2.18. The van der Waals surface area contributed by atoms with Crippen molar-refractivity contribution in [2.75, 3.05) is 14.2 Å². The average Bonchev–Trinajstić information content (AvgIpc) is 2.27. The van der Waals surface area contributed by atoms with Gasteiger partial charge in [0.2, 0.25) is 0 Å². The number of ether oxygens (including phenoxy) is 2. The molecule has 1 aromatic rings. The molecule has 0 amide bonds. The predicted molar refractivity (Wildman–Crippen MR) is 62.8 cm³/mol. The van der Waals surface area contributed by atoms with Gasteiger partial charge in [-0.15, -0.1) is 0 Å². The second kappa shape index (κ2) is 6.32. The van der Waals surface area contributed by atoms with E-state index < -0.39 is 17.8 Å². The molecule has 3 N–H and O–H groups in total. The monoisotopic (exact) mass is 257 g/mol. The summed E-state index contributed by atoms with van der Waals surface area (Å²) in [5.41, 5.74) is 6.76. The molecule has 0 spiro atoms. The third kappa shape index (κ3) is 3.41. The molecule has 1 unspecified atom stereocenters. The molecule has 0 radical (unpaired) electrons. The highest BCUT2D eigenvalue weighted by molar-refractivity contribution is 5.68. The van der Waals surface area contributed by atoms with Crippen LogP contribution in [0.2, 0.25) is 0 Å². The SMILES string of the molecule is COCc1cc(F)cc(OC)c1C(N)CC(=O)O. The van der Waals surface area contributed by atoms with E-state index in [-0.39, 0.29) is 18.8 Å². The summed E-state index contributed by atoms with van der Waals surface area (Å²) in [6.45, 7) is 0.136. The van der Waals surface area contributed by atoms with Crippen LogP contribution in [-0.2, 0) is 16.1 Å². The lowest BCUT2D eigenvalue weighted by atomic mass is 9.97. The van der Waals surface area contributed by atoms with E-state index in [1.807, 2.05) is 0 Å². The molecule has 0 fully saturated rings. The Balaban J connectivity index is 3.23. The number of nitrogens with two attached hydrogens (primary N) is 1. The standard InChI is InChI=1S/C12H16FNO4/c1-17-6-7-3-8(13)4-10(18-2)12(7)9(14)5-11(15)16/h3-4,9H,5-6,14H2,1-2H3,(H,15,16). The maximum absolute atomic E-state index is 13.4. The molecule has 0 saturated carbocycles. The maximum atomic E-state index is 13.4. The van der Waals surface area contributed by atoms with Crippen molar-refractivity contribution in [3.63, 3.8) is 0 Å². The molecule has 100 valence electrons. The van der Waals surface area contributed by atoms with E-state index in [9.17, 15) is 9.18 Å². The van der Waals surface area contributed by atoms with Crippen LogP contribution in [0.15, 0.2) is 12.1 Å². The van der Waals surface area contributed by atoms with Crippen molar-refractivity contribution < 1.29 is 23.8 Å². The van der Waals surface area contributed by atoms with E-state index in [1.54, 1.807) is 0 Å². The first-order valence-electron chi connectivity index (χ1n) is 5.32. The molecular weight excluding hydrogens is 241 g/mol. The summed E-state index contributed by atoms with van der Waals surface area (Å²) in [5.74, 6) is -1.28. The van der Waals surface area contributed by atoms with Gasteiger partial charge in [-0.2, -0.15) is 0 Å². The first-order valence-corrected chi connectivity index (χ1v) is 5.32. The number of carboxylic acid groups (broad SMARTS) is 1. The number of aliphatic carboxylic acids is 1. The molecule has 1 atom stereocenters. The zero-order valence-electron chi connectivity index (χ0n) is 10.3. The average molecular weight is 257 g/mol. The Kier molecular flexibility index (Phi) is 5.06. The number of carbonyl (C=O) groups is 1. The van der Waals surface area contributed by atoms with Gasteiger partial charge in [-0.1, -0.05) is 0 Å². The van der Waals surface area contributed by atoms with Gasteiger partial charge in [0.1, 0.15) is 11.6 Å². The van der Waals surface area contributed by atoms with Gasteiger partial charge in [-0.05, 0) is 11.6 Å². The lowest BCUT2D eigenvalue weighted by Crippen LogP contribution is -2.18. The predicted octanol–water partition coefficient (Wildman–Crippen LogP) is 1.46. The molecule has 1 aromatic carbocycles. The number of benzene rings is 1. The number of hydrogen-bond acceptors (Lipinski definition) is 4. The molecule has 0 aromatic heterocycles. The van der Waals surface area contributed by atoms with Crippen LogP contribution in [0.4, 0.5) is 4.39 Å². The first kappa shape index (κ1) is 14.4. The second-order valence-corrected chi connectivity index (χ2v) is 3.82. The molecule has 0 bridgehead atoms. The number of carboxylic acids is 1. The molecule has 1 rings (SSSR count). The normalized spacial score (nSPS) is 12.2. The highest BCUT2D eigenvalue weighted by Gasteiger charge is 2.20. The molecule has 0 saturated heterocycles. The van der Waals surface area contributed by atoms with Crippen LogP contribution in [-0.4, -0.2) is 25.3 Å².